The fourth-order valence-corrected chi connectivity index (χ4v) is 2.53. The van der Waals surface area contributed by atoms with Crippen molar-refractivity contribution in [2.45, 2.75) is 6.54 Å². The fraction of sp³-hybridized carbons (Fsp3) is 0.176. The Kier molecular flexibility index (Phi) is 4.43. The highest BCUT2D eigenvalue weighted by atomic mass is 32.1. The van der Waals surface area contributed by atoms with Gasteiger partial charge in [-0.05, 0) is 29.9 Å². The minimum Gasteiger partial charge on any atom is -0.377 e. The summed E-state index contributed by atoms with van der Waals surface area (Å²) in [6, 6.07) is 15.9. The van der Waals surface area contributed by atoms with Crippen molar-refractivity contribution in [3.05, 3.63) is 54.1 Å². The molecule has 0 unspecified atom stereocenters. The lowest BCUT2D eigenvalue weighted by molar-refractivity contribution is 0.460. The minimum absolute atomic E-state index is 0.512. The van der Waals surface area contributed by atoms with E-state index in [1.54, 1.807) is 0 Å². The molecule has 2 aromatic carbocycles. The van der Waals surface area contributed by atoms with E-state index in [0.29, 0.717) is 17.5 Å². The standard InChI is InChI=1S/C17H18N4OS/c1-21(2)13-9-6-10-14-15(13)16(20-22-14)19-17(23)18-11-12-7-4-3-5-8-12/h3-10H,11H2,1-2H3,(H2,18,19,20,23). The quantitative estimate of drug-likeness (QED) is 0.717. The summed E-state index contributed by atoms with van der Waals surface area (Å²) < 4.78 is 5.38. The van der Waals surface area contributed by atoms with Crippen LogP contribution in [0.15, 0.2) is 53.1 Å². The van der Waals surface area contributed by atoms with Crippen LogP contribution < -0.4 is 15.5 Å². The lowest BCUT2D eigenvalue weighted by Crippen LogP contribution is -2.28. The molecule has 3 rings (SSSR count). The van der Waals surface area contributed by atoms with Gasteiger partial charge in [-0.3, -0.25) is 0 Å². The van der Waals surface area contributed by atoms with E-state index in [1.807, 2.05) is 67.5 Å². The molecule has 0 aliphatic carbocycles. The average Bonchev–Trinajstić information content (AvgIpc) is 2.97. The van der Waals surface area contributed by atoms with E-state index < -0.39 is 0 Å². The van der Waals surface area contributed by atoms with Gasteiger partial charge in [-0.15, -0.1) is 0 Å². The highest BCUT2D eigenvalue weighted by molar-refractivity contribution is 7.80. The van der Waals surface area contributed by atoms with Crippen LogP contribution in [-0.4, -0.2) is 24.4 Å². The highest BCUT2D eigenvalue weighted by Gasteiger charge is 2.14. The van der Waals surface area contributed by atoms with Gasteiger partial charge < -0.3 is 20.1 Å². The van der Waals surface area contributed by atoms with Gasteiger partial charge in [-0.2, -0.15) is 0 Å². The third kappa shape index (κ3) is 3.43. The SMILES string of the molecule is CN(C)c1cccc2onc(NC(=S)NCc3ccccc3)c12. The topological polar surface area (TPSA) is 53.3 Å². The van der Waals surface area contributed by atoms with Crippen LogP contribution in [0.4, 0.5) is 11.5 Å². The Morgan fingerprint density at radius 2 is 1.91 bits per heavy atom. The Hall–Kier alpha value is -2.60. The van der Waals surface area contributed by atoms with E-state index in [0.717, 1.165) is 22.2 Å². The Bertz CT molecular complexity index is 814. The summed E-state index contributed by atoms with van der Waals surface area (Å²) in [5.74, 6) is 0.620. The minimum atomic E-state index is 0.512. The van der Waals surface area contributed by atoms with Crippen molar-refractivity contribution < 1.29 is 4.52 Å². The second kappa shape index (κ2) is 6.66. The maximum absolute atomic E-state index is 5.38. The molecule has 0 fully saturated rings. The van der Waals surface area contributed by atoms with Crippen LogP contribution in [0.3, 0.4) is 0 Å². The predicted octanol–water partition coefficient (Wildman–Crippen LogP) is 3.38. The zero-order valence-electron chi connectivity index (χ0n) is 13.0. The highest BCUT2D eigenvalue weighted by Crippen LogP contribution is 2.31. The number of thiocarbonyl (C=S) groups is 1. The summed E-state index contributed by atoms with van der Waals surface area (Å²) in [7, 11) is 3.97. The molecule has 3 aromatic rings. The normalized spacial score (nSPS) is 10.5. The van der Waals surface area contributed by atoms with Gasteiger partial charge in [0.25, 0.3) is 0 Å². The molecule has 0 saturated carbocycles. The van der Waals surface area contributed by atoms with Gasteiger partial charge in [0.2, 0.25) is 0 Å². The molecule has 118 valence electrons. The van der Waals surface area contributed by atoms with Gasteiger partial charge in [0.05, 0.1) is 11.1 Å². The second-order valence-electron chi connectivity index (χ2n) is 5.37. The summed E-state index contributed by atoms with van der Waals surface area (Å²) >= 11 is 5.36. The van der Waals surface area contributed by atoms with Crippen LogP contribution >= 0.6 is 12.2 Å². The number of nitrogens with zero attached hydrogens (tertiary/aromatic N) is 2. The van der Waals surface area contributed by atoms with Crippen LogP contribution in [0, 0.1) is 0 Å². The third-order valence-corrected chi connectivity index (χ3v) is 3.73. The average molecular weight is 326 g/mol. The molecule has 0 bridgehead atoms. The summed E-state index contributed by atoms with van der Waals surface area (Å²) in [5, 5.41) is 11.8. The Morgan fingerprint density at radius 3 is 2.65 bits per heavy atom. The van der Waals surface area contributed by atoms with Crippen molar-refractivity contribution in [2.75, 3.05) is 24.3 Å². The Balaban J connectivity index is 1.75. The first-order valence-corrected chi connectivity index (χ1v) is 7.70. The molecule has 0 amide bonds. The van der Waals surface area contributed by atoms with Crippen LogP contribution in [0.25, 0.3) is 11.0 Å². The molecule has 23 heavy (non-hydrogen) atoms. The maximum atomic E-state index is 5.38. The second-order valence-corrected chi connectivity index (χ2v) is 5.78. The number of aromatic nitrogens is 1. The number of nitrogens with one attached hydrogen (secondary N) is 2. The molecular weight excluding hydrogens is 308 g/mol. The molecule has 1 aromatic heterocycles. The predicted molar refractivity (Wildman–Crippen MR) is 97.8 cm³/mol. The van der Waals surface area contributed by atoms with Crippen molar-refractivity contribution in [3.8, 4) is 0 Å². The van der Waals surface area contributed by atoms with Gasteiger partial charge in [-0.1, -0.05) is 41.6 Å². The molecular formula is C17H18N4OS. The number of hydrogen-bond acceptors (Lipinski definition) is 4. The largest absolute Gasteiger partial charge is 0.377 e. The van der Waals surface area contributed by atoms with E-state index in [4.69, 9.17) is 16.7 Å². The number of benzene rings is 2. The smallest absolute Gasteiger partial charge is 0.185 e. The van der Waals surface area contributed by atoms with Crippen LogP contribution in [0.5, 0.6) is 0 Å². The lowest BCUT2D eigenvalue weighted by Gasteiger charge is -2.14. The van der Waals surface area contributed by atoms with Gasteiger partial charge >= 0.3 is 0 Å². The summed E-state index contributed by atoms with van der Waals surface area (Å²) in [6.45, 7) is 0.656. The van der Waals surface area contributed by atoms with E-state index in [-0.39, 0.29) is 0 Å². The van der Waals surface area contributed by atoms with Crippen LogP contribution in [0.2, 0.25) is 0 Å². The molecule has 1 heterocycles. The number of rotatable bonds is 4. The zero-order chi connectivity index (χ0) is 16.2. The van der Waals surface area contributed by atoms with Gasteiger partial charge in [0.15, 0.2) is 16.5 Å². The number of hydrogen-bond donors (Lipinski definition) is 2. The van der Waals surface area contributed by atoms with Crippen molar-refractivity contribution in [3.63, 3.8) is 0 Å². The molecule has 2 N–H and O–H groups in total. The van der Waals surface area contributed by atoms with Crippen LogP contribution in [0.1, 0.15) is 5.56 Å². The first kappa shape index (κ1) is 15.3. The maximum Gasteiger partial charge on any atom is 0.185 e. The monoisotopic (exact) mass is 326 g/mol. The van der Waals surface area contributed by atoms with Crippen molar-refractivity contribution in [2.24, 2.45) is 0 Å². The number of fused-ring (bicyclic) bond motifs is 1. The summed E-state index contributed by atoms with van der Waals surface area (Å²) in [6.07, 6.45) is 0. The molecule has 0 atom stereocenters. The third-order valence-electron chi connectivity index (χ3n) is 3.49. The van der Waals surface area contributed by atoms with Gasteiger partial charge in [0.1, 0.15) is 0 Å². The number of anilines is 2. The summed E-state index contributed by atoms with van der Waals surface area (Å²) in [4.78, 5) is 2.02. The van der Waals surface area contributed by atoms with Crippen LogP contribution in [-0.2, 0) is 6.54 Å². The van der Waals surface area contributed by atoms with Crippen molar-refractivity contribution in [1.82, 2.24) is 10.5 Å². The molecule has 0 aliphatic rings. The van der Waals surface area contributed by atoms with E-state index >= 15 is 0 Å². The zero-order valence-corrected chi connectivity index (χ0v) is 13.9. The Labute approximate surface area is 140 Å². The van der Waals surface area contributed by atoms with Gasteiger partial charge in [-0.25, -0.2) is 0 Å². The van der Waals surface area contributed by atoms with Crippen molar-refractivity contribution >= 4 is 39.8 Å². The molecule has 5 nitrogen and oxygen atoms in total. The first-order chi connectivity index (χ1) is 11.1. The van der Waals surface area contributed by atoms with E-state index in [9.17, 15) is 0 Å². The molecule has 0 aliphatic heterocycles. The molecule has 6 heteroatoms. The van der Waals surface area contributed by atoms with Gasteiger partial charge in [0, 0.05) is 20.6 Å². The van der Waals surface area contributed by atoms with E-state index in [2.05, 4.69) is 15.8 Å². The molecule has 0 spiro atoms. The fourth-order valence-electron chi connectivity index (χ4n) is 2.36. The molecule has 0 saturated heterocycles. The van der Waals surface area contributed by atoms with E-state index in [1.165, 1.54) is 0 Å². The lowest BCUT2D eigenvalue weighted by atomic mass is 10.2. The summed E-state index contributed by atoms with van der Waals surface area (Å²) in [5.41, 5.74) is 2.91. The van der Waals surface area contributed by atoms with Crippen molar-refractivity contribution in [1.29, 1.82) is 0 Å². The first-order valence-electron chi connectivity index (χ1n) is 7.29. The Morgan fingerprint density at radius 1 is 1.13 bits per heavy atom. The molecule has 0 radical (unpaired) electrons.